The van der Waals surface area contributed by atoms with Crippen LogP contribution in [0.4, 0.5) is 11.4 Å². The molecule has 2 N–H and O–H groups in total. The number of nitrogen functional groups attached to an aromatic ring is 1. The van der Waals surface area contributed by atoms with Crippen molar-refractivity contribution >= 4 is 17.1 Å². The van der Waals surface area contributed by atoms with E-state index in [1.165, 1.54) is 11.3 Å². The summed E-state index contributed by atoms with van der Waals surface area (Å²) in [4.78, 5) is 4.85. The number of nitrogens with zero attached hydrogens (tertiary/aromatic N) is 1. The van der Waals surface area contributed by atoms with Crippen molar-refractivity contribution < 1.29 is 0 Å². The van der Waals surface area contributed by atoms with E-state index in [0.29, 0.717) is 11.8 Å². The first-order valence-corrected chi connectivity index (χ1v) is 7.51. The van der Waals surface area contributed by atoms with Gasteiger partial charge in [0.15, 0.2) is 0 Å². The molecule has 110 valence electrons. The summed E-state index contributed by atoms with van der Waals surface area (Å²) in [6.07, 6.45) is 4.25. The Balaban J connectivity index is 3.14. The zero-order valence-electron chi connectivity index (χ0n) is 13.5. The lowest BCUT2D eigenvalue weighted by molar-refractivity contribution is 0.642. The van der Waals surface area contributed by atoms with E-state index in [2.05, 4.69) is 40.7 Å². The Morgan fingerprint density at radius 3 is 2.20 bits per heavy atom. The van der Waals surface area contributed by atoms with Crippen LogP contribution >= 0.6 is 0 Å². The Bertz CT molecular complexity index is 482. The highest BCUT2D eigenvalue weighted by Crippen LogP contribution is 2.25. The minimum absolute atomic E-state index is 0.584. The molecule has 0 saturated carbocycles. The summed E-state index contributed by atoms with van der Waals surface area (Å²) in [5, 5.41) is 0. The lowest BCUT2D eigenvalue weighted by Gasteiger charge is -2.15. The molecule has 0 radical (unpaired) electrons. The van der Waals surface area contributed by atoms with Gasteiger partial charge in [0.05, 0.1) is 11.4 Å². The fourth-order valence-electron chi connectivity index (χ4n) is 2.21. The van der Waals surface area contributed by atoms with E-state index in [4.69, 9.17) is 10.7 Å². The largest absolute Gasteiger partial charge is 0.397 e. The molecule has 0 atom stereocenters. The molecule has 0 aromatic heterocycles. The highest BCUT2D eigenvalue weighted by Gasteiger charge is 2.11. The van der Waals surface area contributed by atoms with Crippen molar-refractivity contribution in [3.8, 4) is 0 Å². The summed E-state index contributed by atoms with van der Waals surface area (Å²) in [5.41, 5.74) is 10.2. The first-order valence-electron chi connectivity index (χ1n) is 7.51. The van der Waals surface area contributed by atoms with Crippen LogP contribution in [0.25, 0.3) is 0 Å². The van der Waals surface area contributed by atoms with Crippen LogP contribution in [0.1, 0.15) is 47.5 Å². The van der Waals surface area contributed by atoms with E-state index in [1.54, 1.807) is 0 Å². The van der Waals surface area contributed by atoms with Gasteiger partial charge >= 0.3 is 0 Å². The van der Waals surface area contributed by atoms with E-state index in [9.17, 15) is 0 Å². The quantitative estimate of drug-likeness (QED) is 0.548. The fourth-order valence-corrected chi connectivity index (χ4v) is 2.21. The Morgan fingerprint density at radius 2 is 1.70 bits per heavy atom. The van der Waals surface area contributed by atoms with Gasteiger partial charge in [0, 0.05) is 5.71 Å². The lowest BCUT2D eigenvalue weighted by Crippen LogP contribution is -2.09. The second-order valence-corrected chi connectivity index (χ2v) is 6.13. The molecular weight excluding hydrogens is 244 g/mol. The van der Waals surface area contributed by atoms with E-state index in [0.717, 1.165) is 24.2 Å². The van der Waals surface area contributed by atoms with Crippen LogP contribution in [0.2, 0.25) is 0 Å². The molecule has 1 aromatic carbocycles. The van der Waals surface area contributed by atoms with E-state index in [1.807, 2.05) is 24.3 Å². The van der Waals surface area contributed by atoms with Gasteiger partial charge < -0.3 is 5.73 Å². The third-order valence-electron chi connectivity index (χ3n) is 3.14. The first kappa shape index (κ1) is 16.5. The minimum Gasteiger partial charge on any atom is -0.397 e. The van der Waals surface area contributed by atoms with Gasteiger partial charge in [0.25, 0.3) is 0 Å². The topological polar surface area (TPSA) is 38.4 Å². The lowest BCUT2D eigenvalue weighted by atomic mass is 9.93. The fraction of sp³-hybridized carbons (Fsp3) is 0.500. The third-order valence-corrected chi connectivity index (χ3v) is 3.14. The molecule has 1 rings (SSSR count). The van der Waals surface area contributed by atoms with Crippen LogP contribution in [0.5, 0.6) is 0 Å². The minimum atomic E-state index is 0.584. The van der Waals surface area contributed by atoms with Crippen LogP contribution in [-0.2, 0) is 0 Å². The molecule has 0 aliphatic carbocycles. The van der Waals surface area contributed by atoms with Crippen molar-refractivity contribution in [1.82, 2.24) is 0 Å². The molecule has 2 nitrogen and oxygen atoms in total. The molecule has 2 heteroatoms. The van der Waals surface area contributed by atoms with Crippen molar-refractivity contribution in [2.45, 2.75) is 47.5 Å². The van der Waals surface area contributed by atoms with Crippen molar-refractivity contribution in [3.05, 3.63) is 35.9 Å². The summed E-state index contributed by atoms with van der Waals surface area (Å²) in [5.74, 6) is 1.22. The zero-order chi connectivity index (χ0) is 15.1. The number of hydrogen-bond donors (Lipinski definition) is 1. The van der Waals surface area contributed by atoms with Gasteiger partial charge in [-0.05, 0) is 49.3 Å². The maximum Gasteiger partial charge on any atom is 0.0862 e. The molecule has 0 unspecified atom stereocenters. The van der Waals surface area contributed by atoms with Gasteiger partial charge in [-0.2, -0.15) is 0 Å². The molecular formula is C18H28N2. The monoisotopic (exact) mass is 272 g/mol. The highest BCUT2D eigenvalue weighted by atomic mass is 14.8. The average Bonchev–Trinajstić information content (AvgIpc) is 2.37. The molecule has 0 spiro atoms. The molecule has 1 aromatic rings. The Labute approximate surface area is 123 Å². The molecule has 0 aliphatic rings. The number of para-hydroxylation sites is 2. The van der Waals surface area contributed by atoms with E-state index in [-0.39, 0.29) is 0 Å². The third kappa shape index (κ3) is 5.20. The number of allylic oxidation sites excluding steroid dienone is 2. The maximum atomic E-state index is 6.02. The SMILES string of the molecule is C/C=C(/CC(C)C)C(CC(C)C)=Nc1ccccc1N. The summed E-state index contributed by atoms with van der Waals surface area (Å²) < 4.78 is 0. The molecule has 20 heavy (non-hydrogen) atoms. The summed E-state index contributed by atoms with van der Waals surface area (Å²) in [7, 11) is 0. The molecule has 0 saturated heterocycles. The van der Waals surface area contributed by atoms with E-state index >= 15 is 0 Å². The molecule has 0 aliphatic heterocycles. The number of hydrogen-bond acceptors (Lipinski definition) is 2. The maximum absolute atomic E-state index is 6.02. The number of benzene rings is 1. The molecule has 0 fully saturated rings. The predicted octanol–water partition coefficient (Wildman–Crippen LogP) is 5.38. The van der Waals surface area contributed by atoms with Gasteiger partial charge in [-0.1, -0.05) is 45.9 Å². The number of anilines is 1. The Kier molecular flexibility index (Phi) is 6.50. The van der Waals surface area contributed by atoms with Crippen molar-refractivity contribution in [2.24, 2.45) is 16.8 Å². The van der Waals surface area contributed by atoms with Gasteiger partial charge in [0.2, 0.25) is 0 Å². The van der Waals surface area contributed by atoms with Crippen LogP contribution in [0.15, 0.2) is 40.9 Å². The number of nitrogens with two attached hydrogens (primary N) is 1. The summed E-state index contributed by atoms with van der Waals surface area (Å²) in [6.45, 7) is 11.0. The van der Waals surface area contributed by atoms with Crippen molar-refractivity contribution in [3.63, 3.8) is 0 Å². The van der Waals surface area contributed by atoms with Gasteiger partial charge in [0.1, 0.15) is 0 Å². The highest BCUT2D eigenvalue weighted by molar-refractivity contribution is 6.02. The first-order chi connectivity index (χ1) is 9.43. The van der Waals surface area contributed by atoms with Gasteiger partial charge in [-0.3, -0.25) is 4.99 Å². The second-order valence-electron chi connectivity index (χ2n) is 6.13. The average molecular weight is 272 g/mol. The van der Waals surface area contributed by atoms with Crippen LogP contribution < -0.4 is 5.73 Å². The number of aliphatic imine (C=N–C) groups is 1. The predicted molar refractivity (Wildman–Crippen MR) is 90.6 cm³/mol. The summed E-state index contributed by atoms with van der Waals surface area (Å²) >= 11 is 0. The molecule has 0 amide bonds. The number of rotatable bonds is 6. The van der Waals surface area contributed by atoms with Crippen LogP contribution in [-0.4, -0.2) is 5.71 Å². The smallest absolute Gasteiger partial charge is 0.0862 e. The van der Waals surface area contributed by atoms with Crippen molar-refractivity contribution in [2.75, 3.05) is 5.73 Å². The molecule has 0 heterocycles. The zero-order valence-corrected chi connectivity index (χ0v) is 13.5. The van der Waals surface area contributed by atoms with Gasteiger partial charge in [-0.15, -0.1) is 0 Å². The van der Waals surface area contributed by atoms with E-state index < -0.39 is 0 Å². The van der Waals surface area contributed by atoms with Gasteiger partial charge in [-0.25, -0.2) is 0 Å². The standard InChI is InChI=1S/C18H28N2/c1-6-15(11-13(2)3)18(12-14(4)5)20-17-10-8-7-9-16(17)19/h6-10,13-14H,11-12,19H2,1-5H3/b15-6-,20-18?. The normalized spacial score (nSPS) is 13.3. The second kappa shape index (κ2) is 7.88. The van der Waals surface area contributed by atoms with Crippen molar-refractivity contribution in [1.29, 1.82) is 0 Å². The Hall–Kier alpha value is -1.57. The van der Waals surface area contributed by atoms with Crippen LogP contribution in [0, 0.1) is 11.8 Å². The molecule has 0 bridgehead atoms. The Morgan fingerprint density at radius 1 is 1.10 bits per heavy atom. The summed E-state index contributed by atoms with van der Waals surface area (Å²) in [6, 6.07) is 7.82. The van der Waals surface area contributed by atoms with Crippen LogP contribution in [0.3, 0.4) is 0 Å².